The number of aromatic nitrogens is 1. The largest absolute Gasteiger partial charge is 0.497 e. The Kier molecular flexibility index (Phi) is 5.86. The lowest BCUT2D eigenvalue weighted by molar-refractivity contribution is -0.125. The van der Waals surface area contributed by atoms with Crippen molar-refractivity contribution in [3.63, 3.8) is 0 Å². The summed E-state index contributed by atoms with van der Waals surface area (Å²) in [5.41, 5.74) is 1.06. The number of hydrogen-bond acceptors (Lipinski definition) is 4. The van der Waals surface area contributed by atoms with Crippen molar-refractivity contribution in [1.82, 2.24) is 10.3 Å². The van der Waals surface area contributed by atoms with Gasteiger partial charge in [0.1, 0.15) is 16.7 Å². The molecular weight excluding hydrogens is 386 g/mol. The minimum atomic E-state index is 0.0282. The summed E-state index contributed by atoms with van der Waals surface area (Å²) in [5.74, 6) is 1.84. The zero-order chi connectivity index (χ0) is 20.2. The fourth-order valence-electron chi connectivity index (χ4n) is 3.75. The van der Waals surface area contributed by atoms with Gasteiger partial charge in [-0.25, -0.2) is 4.98 Å². The van der Waals surface area contributed by atoms with Crippen LogP contribution < -0.4 is 15.0 Å². The summed E-state index contributed by atoms with van der Waals surface area (Å²) < 4.78 is 5.16. The highest BCUT2D eigenvalue weighted by Crippen LogP contribution is 2.29. The van der Waals surface area contributed by atoms with Crippen LogP contribution in [0.25, 0.3) is 10.8 Å². The van der Waals surface area contributed by atoms with E-state index < -0.39 is 0 Å². The summed E-state index contributed by atoms with van der Waals surface area (Å²) >= 11 is 6.37. The third-order valence-electron chi connectivity index (χ3n) is 5.50. The molecule has 150 valence electrons. The van der Waals surface area contributed by atoms with Gasteiger partial charge in [-0.1, -0.05) is 48.0 Å². The molecule has 0 spiro atoms. The molecule has 3 aromatic rings. The number of anilines is 1. The van der Waals surface area contributed by atoms with Gasteiger partial charge in [-0.3, -0.25) is 4.79 Å². The van der Waals surface area contributed by atoms with E-state index in [0.717, 1.165) is 53.8 Å². The fraction of sp³-hybridized carbons (Fsp3) is 0.304. The molecule has 6 heteroatoms. The average Bonchev–Trinajstić information content (AvgIpc) is 2.78. The van der Waals surface area contributed by atoms with E-state index in [1.54, 1.807) is 7.11 Å². The Morgan fingerprint density at radius 1 is 1.17 bits per heavy atom. The van der Waals surface area contributed by atoms with E-state index in [9.17, 15) is 4.79 Å². The summed E-state index contributed by atoms with van der Waals surface area (Å²) in [6, 6.07) is 17.8. The normalized spacial score (nSPS) is 14.8. The molecule has 4 rings (SSSR count). The van der Waals surface area contributed by atoms with Crippen molar-refractivity contribution >= 4 is 34.1 Å². The summed E-state index contributed by atoms with van der Waals surface area (Å²) in [5, 5.41) is 5.63. The van der Waals surface area contributed by atoms with Crippen LogP contribution in [0.4, 0.5) is 5.82 Å². The first-order valence-corrected chi connectivity index (χ1v) is 10.2. The maximum atomic E-state index is 12.6. The molecule has 1 aromatic heterocycles. The predicted octanol–water partition coefficient (Wildman–Crippen LogP) is 4.43. The monoisotopic (exact) mass is 409 g/mol. The number of fused-ring (bicyclic) bond motifs is 1. The van der Waals surface area contributed by atoms with E-state index in [2.05, 4.69) is 21.3 Å². The van der Waals surface area contributed by atoms with Gasteiger partial charge in [-0.05, 0) is 42.0 Å². The van der Waals surface area contributed by atoms with E-state index >= 15 is 0 Å². The molecule has 1 aliphatic rings. The Morgan fingerprint density at radius 2 is 1.90 bits per heavy atom. The molecule has 1 saturated heterocycles. The van der Waals surface area contributed by atoms with E-state index in [4.69, 9.17) is 16.3 Å². The van der Waals surface area contributed by atoms with Crippen molar-refractivity contribution in [2.45, 2.75) is 19.4 Å². The summed E-state index contributed by atoms with van der Waals surface area (Å²) in [4.78, 5) is 19.4. The maximum absolute atomic E-state index is 12.6. The van der Waals surface area contributed by atoms with Crippen LogP contribution in [0.15, 0.2) is 54.6 Å². The number of hydrogen-bond donors (Lipinski definition) is 1. The molecule has 2 heterocycles. The first-order chi connectivity index (χ1) is 14.1. The third kappa shape index (κ3) is 4.46. The molecule has 1 N–H and O–H groups in total. The number of rotatable bonds is 5. The van der Waals surface area contributed by atoms with Crippen LogP contribution in [0.3, 0.4) is 0 Å². The predicted molar refractivity (Wildman–Crippen MR) is 117 cm³/mol. The van der Waals surface area contributed by atoms with Gasteiger partial charge in [0, 0.05) is 30.9 Å². The second kappa shape index (κ2) is 8.70. The zero-order valence-electron chi connectivity index (χ0n) is 16.4. The van der Waals surface area contributed by atoms with Crippen molar-refractivity contribution in [3.8, 4) is 5.75 Å². The lowest BCUT2D eigenvalue weighted by Crippen LogP contribution is -2.40. The molecule has 0 bridgehead atoms. The Labute approximate surface area is 175 Å². The number of carbonyl (C=O) groups is 1. The topological polar surface area (TPSA) is 54.5 Å². The summed E-state index contributed by atoms with van der Waals surface area (Å²) in [6.45, 7) is 2.12. The van der Waals surface area contributed by atoms with Crippen LogP contribution in [0.5, 0.6) is 5.75 Å². The van der Waals surface area contributed by atoms with Crippen molar-refractivity contribution in [1.29, 1.82) is 0 Å². The highest BCUT2D eigenvalue weighted by molar-refractivity contribution is 6.34. The van der Waals surface area contributed by atoms with Gasteiger partial charge in [-0.2, -0.15) is 0 Å². The minimum absolute atomic E-state index is 0.0282. The van der Waals surface area contributed by atoms with Crippen molar-refractivity contribution in [2.75, 3.05) is 25.1 Å². The summed E-state index contributed by atoms with van der Waals surface area (Å²) in [6.07, 6.45) is 1.61. The molecule has 1 aliphatic heterocycles. The van der Waals surface area contributed by atoms with E-state index in [-0.39, 0.29) is 11.8 Å². The standard InChI is InChI=1S/C23H24ClN3O2/c1-29-19-8-6-16(7-9-19)15-25-23(28)17-10-12-27(13-11-17)21-14-18-4-2-3-5-20(18)22(24)26-21/h2-9,14,17H,10-13,15H2,1H3,(H,25,28). The Morgan fingerprint density at radius 3 is 2.62 bits per heavy atom. The summed E-state index contributed by atoms with van der Waals surface area (Å²) in [7, 11) is 1.64. The minimum Gasteiger partial charge on any atom is -0.497 e. The Hall–Kier alpha value is -2.79. The highest BCUT2D eigenvalue weighted by Gasteiger charge is 2.25. The Bertz CT molecular complexity index is 999. The van der Waals surface area contributed by atoms with Gasteiger partial charge in [0.25, 0.3) is 0 Å². The first kappa shape index (κ1) is 19.5. The van der Waals surface area contributed by atoms with Crippen LogP contribution in [0.1, 0.15) is 18.4 Å². The van der Waals surface area contributed by atoms with Crippen molar-refractivity contribution in [3.05, 3.63) is 65.3 Å². The van der Waals surface area contributed by atoms with Crippen LogP contribution >= 0.6 is 11.6 Å². The SMILES string of the molecule is COc1ccc(CNC(=O)C2CCN(c3cc4ccccc4c(Cl)n3)CC2)cc1. The van der Waals surface area contributed by atoms with Gasteiger partial charge >= 0.3 is 0 Å². The van der Waals surface area contributed by atoms with Gasteiger partial charge in [0.15, 0.2) is 0 Å². The second-order valence-electron chi connectivity index (χ2n) is 7.32. The molecule has 0 saturated carbocycles. The number of piperidine rings is 1. The van der Waals surface area contributed by atoms with E-state index in [1.165, 1.54) is 0 Å². The number of halogens is 1. The number of carbonyl (C=O) groups excluding carboxylic acids is 1. The van der Waals surface area contributed by atoms with Gasteiger partial charge in [0.05, 0.1) is 7.11 Å². The quantitative estimate of drug-likeness (QED) is 0.633. The number of nitrogens with one attached hydrogen (secondary N) is 1. The number of ether oxygens (including phenoxy) is 1. The molecule has 0 radical (unpaired) electrons. The lowest BCUT2D eigenvalue weighted by atomic mass is 9.95. The smallest absolute Gasteiger partial charge is 0.223 e. The average molecular weight is 410 g/mol. The number of benzene rings is 2. The molecular formula is C23H24ClN3O2. The molecule has 1 fully saturated rings. The first-order valence-electron chi connectivity index (χ1n) is 9.85. The van der Waals surface area contributed by atoms with Crippen LogP contribution in [-0.2, 0) is 11.3 Å². The molecule has 1 amide bonds. The molecule has 5 nitrogen and oxygen atoms in total. The highest BCUT2D eigenvalue weighted by atomic mass is 35.5. The van der Waals surface area contributed by atoms with E-state index in [0.29, 0.717) is 11.7 Å². The zero-order valence-corrected chi connectivity index (χ0v) is 17.2. The Balaban J connectivity index is 1.33. The molecule has 0 aliphatic carbocycles. The van der Waals surface area contributed by atoms with Crippen LogP contribution in [0.2, 0.25) is 5.15 Å². The van der Waals surface area contributed by atoms with Gasteiger partial charge < -0.3 is 15.0 Å². The van der Waals surface area contributed by atoms with Gasteiger partial charge in [0.2, 0.25) is 5.91 Å². The number of amides is 1. The van der Waals surface area contributed by atoms with E-state index in [1.807, 2.05) is 48.5 Å². The molecule has 2 aromatic carbocycles. The maximum Gasteiger partial charge on any atom is 0.223 e. The fourth-order valence-corrected chi connectivity index (χ4v) is 4.01. The van der Waals surface area contributed by atoms with Crippen LogP contribution in [0, 0.1) is 5.92 Å². The molecule has 0 unspecified atom stereocenters. The second-order valence-corrected chi connectivity index (χ2v) is 7.68. The van der Waals surface area contributed by atoms with Crippen LogP contribution in [-0.4, -0.2) is 31.1 Å². The third-order valence-corrected chi connectivity index (χ3v) is 5.78. The molecule has 29 heavy (non-hydrogen) atoms. The van der Waals surface area contributed by atoms with Crippen molar-refractivity contribution in [2.24, 2.45) is 5.92 Å². The number of pyridine rings is 1. The lowest BCUT2D eigenvalue weighted by Gasteiger charge is -2.32. The van der Waals surface area contributed by atoms with Gasteiger partial charge in [-0.15, -0.1) is 0 Å². The van der Waals surface area contributed by atoms with Crippen molar-refractivity contribution < 1.29 is 9.53 Å². The number of methoxy groups -OCH3 is 1. The molecule has 0 atom stereocenters. The number of nitrogens with zero attached hydrogens (tertiary/aromatic N) is 2.